The lowest BCUT2D eigenvalue weighted by Crippen LogP contribution is -3.00. The molecular formula is C42H36BClF4N2. The van der Waals surface area contributed by atoms with Crippen molar-refractivity contribution in [2.45, 2.75) is 40.2 Å². The van der Waals surface area contributed by atoms with E-state index in [0.29, 0.717) is 0 Å². The fourth-order valence-corrected chi connectivity index (χ4v) is 7.97. The van der Waals surface area contributed by atoms with Crippen LogP contribution in [0.15, 0.2) is 120 Å². The topological polar surface area (TPSA) is 7.94 Å². The molecule has 2 nitrogen and oxygen atoms in total. The van der Waals surface area contributed by atoms with Crippen LogP contribution in [0.4, 0.5) is 18.6 Å². The van der Waals surface area contributed by atoms with Crippen molar-refractivity contribution < 1.29 is 22.2 Å². The normalized spacial score (nSPS) is 15.3. The average molecular weight is 691 g/mol. The number of hydrogen-bond donors (Lipinski definition) is 0. The second kappa shape index (κ2) is 14.5. The van der Waals surface area contributed by atoms with Gasteiger partial charge < -0.3 is 9.27 Å². The molecule has 0 saturated heterocycles. The van der Waals surface area contributed by atoms with Gasteiger partial charge in [-0.05, 0) is 91.1 Å². The Balaban J connectivity index is 0.000000822. The van der Waals surface area contributed by atoms with Crippen LogP contribution >= 0.6 is 11.6 Å². The fourth-order valence-electron chi connectivity index (χ4n) is 7.75. The first-order valence-electron chi connectivity index (χ1n) is 16.8. The number of nitrogens with zero attached hydrogens (tertiary/aromatic N) is 2. The summed E-state index contributed by atoms with van der Waals surface area (Å²) in [4.78, 5) is 0. The van der Waals surface area contributed by atoms with E-state index in [0.717, 1.165) is 36.3 Å². The van der Waals surface area contributed by atoms with Gasteiger partial charge in [0, 0.05) is 50.7 Å². The summed E-state index contributed by atoms with van der Waals surface area (Å²) in [5.41, 5.74) is 11.8. The Bertz CT molecular complexity index is 2420. The number of halogens is 5. The Morgan fingerprint density at radius 2 is 1.50 bits per heavy atom. The molecular weight excluding hydrogens is 655 g/mol. The highest BCUT2D eigenvalue weighted by molar-refractivity contribution is 6.37. The van der Waals surface area contributed by atoms with E-state index < -0.39 is 7.54 Å². The molecule has 0 unspecified atom stereocenters. The fraction of sp³-hybridized carbons (Fsp3) is 0.167. The van der Waals surface area contributed by atoms with Crippen LogP contribution in [-0.2, 0) is 6.54 Å². The number of rotatable bonds is 6. The van der Waals surface area contributed by atoms with Gasteiger partial charge in [-0.25, -0.2) is 0 Å². The first kappa shape index (κ1) is 35.0. The van der Waals surface area contributed by atoms with Crippen LogP contribution in [0.1, 0.15) is 43.4 Å². The van der Waals surface area contributed by atoms with Gasteiger partial charge in [-0.1, -0.05) is 90.5 Å². The molecule has 0 bridgehead atoms. The molecule has 0 saturated carbocycles. The molecule has 1 aromatic heterocycles. The molecule has 0 spiro atoms. The van der Waals surface area contributed by atoms with Crippen molar-refractivity contribution in [2.75, 3.05) is 6.54 Å². The number of benzene rings is 5. The van der Waals surface area contributed by atoms with Gasteiger partial charge in [-0.3, -0.25) is 12.9 Å². The minimum absolute atomic E-state index is 0. The second-order valence-electron chi connectivity index (χ2n) is 12.4. The molecule has 0 radical (unpaired) electrons. The number of aromatic nitrogens is 1. The van der Waals surface area contributed by atoms with Crippen LogP contribution in [0.25, 0.3) is 44.1 Å². The molecule has 1 aliphatic carbocycles. The smallest absolute Gasteiger partial charge is 0.762 e. The largest absolute Gasteiger partial charge is 1.00 e. The molecule has 2 aliphatic rings. The summed E-state index contributed by atoms with van der Waals surface area (Å²) in [6.45, 7) is 8.52. The maximum absolute atomic E-state index is 9.67. The Kier molecular flexibility index (Phi) is 10.2. The number of hydrogen-bond acceptors (Lipinski definition) is 0. The molecule has 5 aromatic carbocycles. The highest BCUT2D eigenvalue weighted by Gasteiger charge is 2.30. The Morgan fingerprint density at radius 3 is 2.24 bits per heavy atom. The van der Waals surface area contributed by atoms with E-state index in [4.69, 9.17) is 11.6 Å². The molecule has 8 heteroatoms. The van der Waals surface area contributed by atoms with Crippen LogP contribution in [0.2, 0.25) is 5.02 Å². The maximum atomic E-state index is 9.67. The van der Waals surface area contributed by atoms with Crippen LogP contribution in [0.3, 0.4) is 0 Å². The maximum Gasteiger partial charge on any atom is 0.762 e. The van der Waals surface area contributed by atoms with Gasteiger partial charge in [-0.2, -0.15) is 4.58 Å². The van der Waals surface area contributed by atoms with Crippen molar-refractivity contribution >= 4 is 74.6 Å². The van der Waals surface area contributed by atoms with Crippen LogP contribution in [-0.4, -0.2) is 28.9 Å². The lowest BCUT2D eigenvalue weighted by atomic mass is 9.97. The van der Waals surface area contributed by atoms with Gasteiger partial charge in [0.25, 0.3) is 0 Å². The summed E-state index contributed by atoms with van der Waals surface area (Å²) in [7, 11) is -3.67. The van der Waals surface area contributed by atoms with E-state index in [2.05, 4.69) is 139 Å². The lowest BCUT2D eigenvalue weighted by molar-refractivity contribution is -0.430. The van der Waals surface area contributed by atoms with Gasteiger partial charge >= 0.3 is 7.54 Å². The Hall–Kier alpha value is -4.88. The van der Waals surface area contributed by atoms with Gasteiger partial charge in [0.2, 0.25) is 11.4 Å². The quantitative estimate of drug-likeness (QED) is 0.0946. The third-order valence-electron chi connectivity index (χ3n) is 9.80. The van der Waals surface area contributed by atoms with Crippen LogP contribution < -0.4 is 10.1 Å². The minimum atomic E-state index is -3.67. The molecule has 0 N–H and O–H groups in total. The Labute approximate surface area is 294 Å². The van der Waals surface area contributed by atoms with Crippen molar-refractivity contribution in [2.24, 2.45) is 0 Å². The summed E-state index contributed by atoms with van der Waals surface area (Å²) in [5.74, 6) is 0. The molecule has 252 valence electrons. The molecule has 50 heavy (non-hydrogen) atoms. The van der Waals surface area contributed by atoms with Gasteiger partial charge in [-0.15, -0.1) is 0 Å². The van der Waals surface area contributed by atoms with Crippen LogP contribution in [0.5, 0.6) is 0 Å². The second-order valence-corrected chi connectivity index (χ2v) is 12.8. The van der Waals surface area contributed by atoms with Gasteiger partial charge in [0.1, 0.15) is 6.54 Å². The number of allylic oxidation sites excluding steroid dienone is 6. The molecule has 0 fully saturated rings. The number of aryl methyl sites for hydroxylation is 2. The van der Waals surface area contributed by atoms with E-state index in [9.17, 15) is 12.9 Å². The lowest BCUT2D eigenvalue weighted by Gasteiger charge is -2.08. The van der Waals surface area contributed by atoms with E-state index in [-0.39, 0.29) is 4.70 Å². The van der Waals surface area contributed by atoms with Crippen molar-refractivity contribution in [3.63, 3.8) is 0 Å². The first-order chi connectivity index (χ1) is 23.8. The molecule has 0 amide bonds. The molecule has 0 atom stereocenters. The predicted molar refractivity (Wildman–Crippen MR) is 202 cm³/mol. The molecule has 6 aromatic rings. The van der Waals surface area contributed by atoms with Crippen molar-refractivity contribution in [3.8, 4) is 0 Å². The first-order valence-corrected chi connectivity index (χ1v) is 17.2. The van der Waals surface area contributed by atoms with Gasteiger partial charge in [0.05, 0.1) is 10.9 Å². The molecule has 1 aliphatic heterocycles. The zero-order valence-corrected chi connectivity index (χ0v) is 28.9. The van der Waals surface area contributed by atoms with E-state index >= 15 is 0 Å². The van der Waals surface area contributed by atoms with Crippen LogP contribution in [0, 0.1) is 6.92 Å². The summed E-state index contributed by atoms with van der Waals surface area (Å²) < 4.78 is 33.9. The van der Waals surface area contributed by atoms with Gasteiger partial charge in [0.15, 0.2) is 0 Å². The Morgan fingerprint density at radius 1 is 0.780 bits per heavy atom. The highest BCUT2D eigenvalue weighted by atomic mass is 35.5. The molecule has 2 heterocycles. The zero-order valence-electron chi connectivity index (χ0n) is 28.2. The van der Waals surface area contributed by atoms with E-state index in [1.165, 1.54) is 77.2 Å². The average Bonchev–Trinajstić information content (AvgIpc) is 3.76. The van der Waals surface area contributed by atoms with E-state index in [1.54, 1.807) is 0 Å². The third-order valence-corrected chi connectivity index (χ3v) is 10.1. The monoisotopic (exact) mass is 690 g/mol. The van der Waals surface area contributed by atoms with Crippen molar-refractivity contribution in [3.05, 3.63) is 147 Å². The summed E-state index contributed by atoms with van der Waals surface area (Å²) in [6.07, 6.45) is 11.5. The minimum Gasteiger partial charge on any atom is -1.00 e. The predicted octanol–water partition coefficient (Wildman–Crippen LogP) is 8.21. The highest BCUT2D eigenvalue weighted by Crippen LogP contribution is 2.41. The standard InChI is InChI=1S/C42H36ClN2.BF3.FH/c1-4-44-36(33-15-9-13-31-27(3)17-23-38(44)41(31)33)24-20-29-18-19-30(40(29)28-11-7-6-8-12-28)21-25-37-34-16-10-14-32-35(43)22-26-39(42(32)34)45(37)5-2;2-1(3)4;/h6-17,20-26H,4-5,18-19H2,1-3H3;;1H/q+1;;/p-1. The molecule has 8 rings (SSSR count). The van der Waals surface area contributed by atoms with Crippen molar-refractivity contribution in [1.82, 2.24) is 4.57 Å². The van der Waals surface area contributed by atoms with Crippen molar-refractivity contribution in [1.29, 1.82) is 0 Å². The summed E-state index contributed by atoms with van der Waals surface area (Å²) >= 11 is 6.63. The van der Waals surface area contributed by atoms with E-state index in [1.807, 2.05) is 6.07 Å². The third kappa shape index (κ3) is 6.09. The zero-order chi connectivity index (χ0) is 34.2. The summed E-state index contributed by atoms with van der Waals surface area (Å²) in [6, 6.07) is 32.9. The summed E-state index contributed by atoms with van der Waals surface area (Å²) in [5, 5.41) is 8.54. The SMILES string of the molecule is CCn1/c(=C/C=C2CCC(/C=C/C3=[N+](CC)c4ccc(Cl)c5cccc3c45)=C2c2ccccc2)c2cccc3c(C)ccc1c32.FB(F)F.[F-].